The fourth-order valence-corrected chi connectivity index (χ4v) is 0.693. The largest absolute Gasteiger partial charge is 0.457 e. The van der Waals surface area contributed by atoms with E-state index in [2.05, 4.69) is 11.3 Å². The van der Waals surface area contributed by atoms with Crippen LogP contribution in [0.3, 0.4) is 0 Å². The zero-order valence-corrected chi connectivity index (χ0v) is 7.23. The maximum atomic E-state index is 10.6. The SMILES string of the molecule is C=CC(=O)OC(C)C(O)C(C)O. The Morgan fingerprint density at radius 3 is 2.33 bits per heavy atom. The number of aliphatic hydroxyl groups excluding tert-OH is 2. The summed E-state index contributed by atoms with van der Waals surface area (Å²) in [5.41, 5.74) is 0. The molecule has 3 atom stereocenters. The van der Waals surface area contributed by atoms with Crippen LogP contribution in [0.5, 0.6) is 0 Å². The van der Waals surface area contributed by atoms with E-state index < -0.39 is 24.3 Å². The van der Waals surface area contributed by atoms with Crippen molar-refractivity contribution in [2.75, 3.05) is 0 Å². The average molecular weight is 174 g/mol. The molecule has 0 aromatic rings. The van der Waals surface area contributed by atoms with Gasteiger partial charge >= 0.3 is 5.97 Å². The molecule has 0 saturated heterocycles. The Labute approximate surface area is 71.5 Å². The third-order valence-electron chi connectivity index (χ3n) is 1.44. The molecule has 4 nitrogen and oxygen atoms in total. The van der Waals surface area contributed by atoms with Crippen LogP contribution in [0.2, 0.25) is 0 Å². The summed E-state index contributed by atoms with van der Waals surface area (Å²) in [6.07, 6.45) is -1.70. The first-order valence-corrected chi connectivity index (χ1v) is 3.68. The molecule has 0 saturated carbocycles. The van der Waals surface area contributed by atoms with E-state index >= 15 is 0 Å². The fraction of sp³-hybridized carbons (Fsp3) is 0.625. The van der Waals surface area contributed by atoms with E-state index in [4.69, 9.17) is 5.11 Å². The maximum Gasteiger partial charge on any atom is 0.330 e. The number of esters is 1. The van der Waals surface area contributed by atoms with Gasteiger partial charge in [-0.15, -0.1) is 0 Å². The summed E-state index contributed by atoms with van der Waals surface area (Å²) >= 11 is 0. The van der Waals surface area contributed by atoms with Gasteiger partial charge in [-0.2, -0.15) is 0 Å². The topological polar surface area (TPSA) is 66.8 Å². The third kappa shape index (κ3) is 3.50. The third-order valence-corrected chi connectivity index (χ3v) is 1.44. The zero-order valence-electron chi connectivity index (χ0n) is 7.23. The van der Waals surface area contributed by atoms with Crippen molar-refractivity contribution in [2.24, 2.45) is 0 Å². The Morgan fingerprint density at radius 1 is 1.50 bits per heavy atom. The lowest BCUT2D eigenvalue weighted by molar-refractivity contribution is -0.151. The minimum absolute atomic E-state index is 0.609. The van der Waals surface area contributed by atoms with Crippen LogP contribution in [0.25, 0.3) is 0 Å². The maximum absolute atomic E-state index is 10.6. The number of carbonyl (C=O) groups is 1. The standard InChI is InChI=1S/C8H14O4/c1-4-7(10)12-6(3)8(11)5(2)9/h4-6,8-9,11H,1H2,2-3H3. The predicted molar refractivity (Wildman–Crippen MR) is 43.4 cm³/mol. The van der Waals surface area contributed by atoms with Gasteiger partial charge in [0.1, 0.15) is 12.2 Å². The minimum atomic E-state index is -1.06. The first kappa shape index (κ1) is 11.1. The number of aliphatic hydroxyl groups is 2. The smallest absolute Gasteiger partial charge is 0.330 e. The second-order valence-electron chi connectivity index (χ2n) is 2.58. The van der Waals surface area contributed by atoms with Gasteiger partial charge < -0.3 is 14.9 Å². The molecule has 0 aromatic heterocycles. The van der Waals surface area contributed by atoms with Crippen molar-refractivity contribution in [3.63, 3.8) is 0 Å². The molecule has 0 radical (unpaired) electrons. The molecule has 0 aliphatic rings. The van der Waals surface area contributed by atoms with Crippen LogP contribution in [-0.4, -0.2) is 34.5 Å². The Morgan fingerprint density at radius 2 is 2.00 bits per heavy atom. The number of hydrogen-bond donors (Lipinski definition) is 2. The van der Waals surface area contributed by atoms with Gasteiger partial charge in [0.2, 0.25) is 0 Å². The van der Waals surface area contributed by atoms with Gasteiger partial charge in [0.15, 0.2) is 0 Å². The average Bonchev–Trinajstić information content (AvgIpc) is 2.02. The highest BCUT2D eigenvalue weighted by Crippen LogP contribution is 2.03. The van der Waals surface area contributed by atoms with E-state index in [0.29, 0.717) is 0 Å². The fourth-order valence-electron chi connectivity index (χ4n) is 0.693. The van der Waals surface area contributed by atoms with Gasteiger partial charge in [0.25, 0.3) is 0 Å². The summed E-state index contributed by atoms with van der Waals surface area (Å²) in [7, 11) is 0. The van der Waals surface area contributed by atoms with E-state index in [1.54, 1.807) is 0 Å². The molecule has 0 aromatic carbocycles. The van der Waals surface area contributed by atoms with Crippen LogP contribution in [0.1, 0.15) is 13.8 Å². The predicted octanol–water partition coefficient (Wildman–Crippen LogP) is -0.154. The molecule has 0 heterocycles. The van der Waals surface area contributed by atoms with Gasteiger partial charge in [0, 0.05) is 6.08 Å². The van der Waals surface area contributed by atoms with E-state index in [1.807, 2.05) is 0 Å². The summed E-state index contributed by atoms with van der Waals surface area (Å²) in [4.78, 5) is 10.6. The van der Waals surface area contributed by atoms with E-state index in [9.17, 15) is 9.90 Å². The molecule has 0 rings (SSSR count). The van der Waals surface area contributed by atoms with Crippen LogP contribution in [-0.2, 0) is 9.53 Å². The quantitative estimate of drug-likeness (QED) is 0.459. The Bertz CT molecular complexity index is 164. The molecule has 0 bridgehead atoms. The minimum Gasteiger partial charge on any atom is -0.457 e. The van der Waals surface area contributed by atoms with Gasteiger partial charge in [-0.25, -0.2) is 4.79 Å². The van der Waals surface area contributed by atoms with Crippen LogP contribution in [0, 0.1) is 0 Å². The highest BCUT2D eigenvalue weighted by atomic mass is 16.6. The molecule has 0 amide bonds. The van der Waals surface area contributed by atoms with Crippen LogP contribution in [0.15, 0.2) is 12.7 Å². The summed E-state index contributed by atoms with van der Waals surface area (Å²) in [5, 5.41) is 18.1. The van der Waals surface area contributed by atoms with Crippen LogP contribution < -0.4 is 0 Å². The first-order chi connectivity index (χ1) is 5.49. The van der Waals surface area contributed by atoms with Gasteiger partial charge in [-0.3, -0.25) is 0 Å². The van der Waals surface area contributed by atoms with Crippen molar-refractivity contribution < 1.29 is 19.7 Å². The molecular weight excluding hydrogens is 160 g/mol. The van der Waals surface area contributed by atoms with Gasteiger partial charge in [0.05, 0.1) is 6.10 Å². The number of rotatable bonds is 4. The van der Waals surface area contributed by atoms with E-state index in [1.165, 1.54) is 13.8 Å². The molecule has 0 spiro atoms. The molecule has 0 aliphatic carbocycles. The lowest BCUT2D eigenvalue weighted by Gasteiger charge is -2.20. The van der Waals surface area contributed by atoms with Crippen molar-refractivity contribution >= 4 is 5.97 Å². The van der Waals surface area contributed by atoms with Crippen LogP contribution >= 0.6 is 0 Å². The summed E-state index contributed by atoms with van der Waals surface area (Å²) in [5.74, 6) is -0.609. The highest BCUT2D eigenvalue weighted by Gasteiger charge is 2.21. The summed E-state index contributed by atoms with van der Waals surface area (Å²) in [6.45, 7) is 6.12. The van der Waals surface area contributed by atoms with Crippen molar-refractivity contribution in [1.29, 1.82) is 0 Å². The lowest BCUT2D eigenvalue weighted by atomic mass is 10.1. The number of ether oxygens (including phenoxy) is 1. The zero-order chi connectivity index (χ0) is 9.72. The molecule has 12 heavy (non-hydrogen) atoms. The summed E-state index contributed by atoms with van der Waals surface area (Å²) < 4.78 is 4.66. The van der Waals surface area contributed by atoms with Crippen molar-refractivity contribution in [3.05, 3.63) is 12.7 Å². The molecule has 70 valence electrons. The second-order valence-corrected chi connectivity index (χ2v) is 2.58. The molecular formula is C8H14O4. The van der Waals surface area contributed by atoms with Crippen molar-refractivity contribution in [3.8, 4) is 0 Å². The van der Waals surface area contributed by atoms with Crippen molar-refractivity contribution in [2.45, 2.75) is 32.2 Å². The lowest BCUT2D eigenvalue weighted by Crippen LogP contribution is -2.36. The van der Waals surface area contributed by atoms with Gasteiger partial charge in [-0.1, -0.05) is 6.58 Å². The normalized spacial score (nSPS) is 17.7. The van der Waals surface area contributed by atoms with Gasteiger partial charge in [-0.05, 0) is 13.8 Å². The molecule has 0 fully saturated rings. The van der Waals surface area contributed by atoms with E-state index in [0.717, 1.165) is 6.08 Å². The molecule has 4 heteroatoms. The second kappa shape index (κ2) is 4.90. The Kier molecular flexibility index (Phi) is 4.54. The molecule has 3 unspecified atom stereocenters. The highest BCUT2D eigenvalue weighted by molar-refractivity contribution is 5.81. The number of carbonyl (C=O) groups excluding carboxylic acids is 1. The monoisotopic (exact) mass is 174 g/mol. The molecule has 0 aliphatic heterocycles. The Hall–Kier alpha value is -0.870. The van der Waals surface area contributed by atoms with Crippen molar-refractivity contribution in [1.82, 2.24) is 0 Å². The Balaban J connectivity index is 3.94. The number of hydrogen-bond acceptors (Lipinski definition) is 4. The van der Waals surface area contributed by atoms with Crippen LogP contribution in [0.4, 0.5) is 0 Å². The molecule has 2 N–H and O–H groups in total. The van der Waals surface area contributed by atoms with E-state index in [-0.39, 0.29) is 0 Å². The first-order valence-electron chi connectivity index (χ1n) is 3.68. The summed E-state index contributed by atoms with van der Waals surface area (Å²) in [6, 6.07) is 0.